The van der Waals surface area contributed by atoms with Gasteiger partial charge in [0.05, 0.1) is 22.5 Å². The fourth-order valence-corrected chi connectivity index (χ4v) is 4.69. The molecular weight excluding hydrogens is 454 g/mol. The van der Waals surface area contributed by atoms with E-state index in [1.807, 2.05) is 32.0 Å². The van der Waals surface area contributed by atoms with Crippen LogP contribution in [0.4, 0.5) is 11.4 Å². The maximum atomic E-state index is 12.8. The first-order chi connectivity index (χ1) is 16.2. The van der Waals surface area contributed by atoms with E-state index in [0.717, 1.165) is 15.8 Å². The molecule has 4 rings (SSSR count). The predicted molar refractivity (Wildman–Crippen MR) is 130 cm³/mol. The van der Waals surface area contributed by atoms with E-state index in [9.17, 15) is 18.0 Å². The molecule has 4 aromatic rings. The standard InChI is InChI=1S/C24H23N5O4S/c1-16-6-5-7-17(2)23(16)27-34(32,33)19-12-10-18(11-13-19)25-22(30)14-15-29-24(31)20-8-3-4-9-21(20)26-28-29/h3-13,27H,14-15H2,1-2H3,(H,25,30). The highest BCUT2D eigenvalue weighted by Crippen LogP contribution is 2.24. The van der Waals surface area contributed by atoms with E-state index in [4.69, 9.17) is 0 Å². The second kappa shape index (κ2) is 9.44. The molecule has 3 aromatic carbocycles. The number of hydrogen-bond acceptors (Lipinski definition) is 6. The van der Waals surface area contributed by atoms with Gasteiger partial charge in [0.1, 0.15) is 5.52 Å². The first-order valence-corrected chi connectivity index (χ1v) is 12.0. The highest BCUT2D eigenvalue weighted by Gasteiger charge is 2.17. The number of carbonyl (C=O) groups excluding carboxylic acids is 1. The molecule has 2 N–H and O–H groups in total. The lowest BCUT2D eigenvalue weighted by molar-refractivity contribution is -0.116. The summed E-state index contributed by atoms with van der Waals surface area (Å²) in [4.78, 5) is 24.9. The third-order valence-electron chi connectivity index (χ3n) is 5.35. The van der Waals surface area contributed by atoms with Crippen molar-refractivity contribution in [3.63, 3.8) is 0 Å². The van der Waals surface area contributed by atoms with Crippen molar-refractivity contribution in [2.24, 2.45) is 0 Å². The summed E-state index contributed by atoms with van der Waals surface area (Å²) in [5.41, 5.74) is 2.81. The average molecular weight is 478 g/mol. The Morgan fingerprint density at radius 3 is 2.32 bits per heavy atom. The molecular formula is C24H23N5O4S. The number of aryl methyl sites for hydroxylation is 3. The van der Waals surface area contributed by atoms with E-state index in [1.165, 1.54) is 24.3 Å². The van der Waals surface area contributed by atoms with Gasteiger partial charge in [0.2, 0.25) is 5.91 Å². The summed E-state index contributed by atoms with van der Waals surface area (Å²) < 4.78 is 29.3. The van der Waals surface area contributed by atoms with Crippen molar-refractivity contribution in [1.29, 1.82) is 0 Å². The highest BCUT2D eigenvalue weighted by molar-refractivity contribution is 7.92. The van der Waals surface area contributed by atoms with Gasteiger partial charge in [-0.2, -0.15) is 0 Å². The van der Waals surface area contributed by atoms with Gasteiger partial charge in [0.25, 0.3) is 15.6 Å². The van der Waals surface area contributed by atoms with Gasteiger partial charge in [-0.15, -0.1) is 5.10 Å². The molecule has 1 amide bonds. The summed E-state index contributed by atoms with van der Waals surface area (Å²) >= 11 is 0. The number of hydrogen-bond donors (Lipinski definition) is 2. The highest BCUT2D eigenvalue weighted by atomic mass is 32.2. The van der Waals surface area contributed by atoms with Crippen LogP contribution >= 0.6 is 0 Å². The van der Waals surface area contributed by atoms with Gasteiger partial charge in [-0.05, 0) is 61.4 Å². The quantitative estimate of drug-likeness (QED) is 0.421. The molecule has 0 aliphatic rings. The molecule has 0 spiro atoms. The van der Waals surface area contributed by atoms with Gasteiger partial charge in [-0.3, -0.25) is 14.3 Å². The number of rotatable bonds is 7. The van der Waals surface area contributed by atoms with E-state index < -0.39 is 10.0 Å². The van der Waals surface area contributed by atoms with E-state index in [1.54, 1.807) is 24.3 Å². The minimum absolute atomic E-state index is 0.00108. The second-order valence-electron chi connectivity index (χ2n) is 7.83. The van der Waals surface area contributed by atoms with Gasteiger partial charge in [0.15, 0.2) is 0 Å². The number of aromatic nitrogens is 3. The Bertz CT molecular complexity index is 1510. The number of amides is 1. The lowest BCUT2D eigenvalue weighted by Gasteiger charge is -2.13. The lowest BCUT2D eigenvalue weighted by atomic mass is 10.1. The summed E-state index contributed by atoms with van der Waals surface area (Å²) in [5, 5.41) is 11.0. The number of carbonyl (C=O) groups is 1. The van der Waals surface area contributed by atoms with E-state index in [0.29, 0.717) is 22.3 Å². The number of anilines is 2. The third kappa shape index (κ3) is 4.96. The molecule has 0 unspecified atom stereocenters. The molecule has 0 radical (unpaired) electrons. The first-order valence-electron chi connectivity index (χ1n) is 10.6. The molecule has 0 saturated carbocycles. The van der Waals surface area contributed by atoms with Crippen LogP contribution in [0.15, 0.2) is 76.4 Å². The maximum Gasteiger partial charge on any atom is 0.277 e. The lowest BCUT2D eigenvalue weighted by Crippen LogP contribution is -2.26. The fourth-order valence-electron chi connectivity index (χ4n) is 3.49. The Kier molecular flexibility index (Phi) is 6.42. The summed E-state index contributed by atoms with van der Waals surface area (Å²) in [6, 6.07) is 18.3. The summed E-state index contributed by atoms with van der Waals surface area (Å²) in [6.45, 7) is 3.73. The normalized spacial score (nSPS) is 11.4. The van der Waals surface area contributed by atoms with Crippen molar-refractivity contribution in [3.8, 4) is 0 Å². The van der Waals surface area contributed by atoms with Gasteiger partial charge in [-0.1, -0.05) is 35.5 Å². The second-order valence-corrected chi connectivity index (χ2v) is 9.51. The number of fused-ring (bicyclic) bond motifs is 1. The monoisotopic (exact) mass is 477 g/mol. The van der Waals surface area contributed by atoms with Crippen molar-refractivity contribution in [2.75, 3.05) is 10.0 Å². The molecule has 0 atom stereocenters. The van der Waals surface area contributed by atoms with E-state index in [-0.39, 0.29) is 29.3 Å². The molecule has 10 heteroatoms. The predicted octanol–water partition coefficient (Wildman–Crippen LogP) is 3.24. The molecule has 0 aliphatic carbocycles. The van der Waals surface area contributed by atoms with Crippen molar-refractivity contribution in [1.82, 2.24) is 15.0 Å². The number of nitrogens with one attached hydrogen (secondary N) is 2. The minimum Gasteiger partial charge on any atom is -0.326 e. The Morgan fingerprint density at radius 1 is 0.941 bits per heavy atom. The summed E-state index contributed by atoms with van der Waals surface area (Å²) in [5.74, 6) is -0.342. The summed E-state index contributed by atoms with van der Waals surface area (Å²) in [7, 11) is -3.79. The van der Waals surface area contributed by atoms with Crippen LogP contribution in [0.5, 0.6) is 0 Å². The SMILES string of the molecule is Cc1cccc(C)c1NS(=O)(=O)c1ccc(NC(=O)CCn2nnc3ccccc3c2=O)cc1. The van der Waals surface area contributed by atoms with E-state index in [2.05, 4.69) is 20.4 Å². The molecule has 34 heavy (non-hydrogen) atoms. The zero-order valence-electron chi connectivity index (χ0n) is 18.6. The number of sulfonamides is 1. The van der Waals surface area contributed by atoms with Crippen LogP contribution in [0.3, 0.4) is 0 Å². The number of benzene rings is 3. The van der Waals surface area contributed by atoms with Crippen LogP contribution in [0.1, 0.15) is 17.5 Å². The van der Waals surface area contributed by atoms with Crippen LogP contribution < -0.4 is 15.6 Å². The van der Waals surface area contributed by atoms with Gasteiger partial charge in [0, 0.05) is 12.1 Å². The molecule has 0 fully saturated rings. The fraction of sp³-hybridized carbons (Fsp3) is 0.167. The molecule has 174 valence electrons. The van der Waals surface area contributed by atoms with Crippen molar-refractivity contribution in [2.45, 2.75) is 31.7 Å². The van der Waals surface area contributed by atoms with Crippen molar-refractivity contribution < 1.29 is 13.2 Å². The van der Waals surface area contributed by atoms with Crippen LogP contribution in [0.2, 0.25) is 0 Å². The zero-order chi connectivity index (χ0) is 24.3. The van der Waals surface area contributed by atoms with Gasteiger partial charge < -0.3 is 5.32 Å². The van der Waals surface area contributed by atoms with E-state index >= 15 is 0 Å². The van der Waals surface area contributed by atoms with Gasteiger partial charge >= 0.3 is 0 Å². The number of para-hydroxylation sites is 1. The molecule has 0 aliphatic heterocycles. The topological polar surface area (TPSA) is 123 Å². The zero-order valence-corrected chi connectivity index (χ0v) is 19.5. The third-order valence-corrected chi connectivity index (χ3v) is 6.71. The average Bonchev–Trinajstić information content (AvgIpc) is 2.82. The van der Waals surface area contributed by atoms with Crippen LogP contribution in [0.25, 0.3) is 10.9 Å². The Hall–Kier alpha value is -4.05. The number of nitrogens with zero attached hydrogens (tertiary/aromatic N) is 3. The Morgan fingerprint density at radius 2 is 1.62 bits per heavy atom. The first kappa shape index (κ1) is 23.1. The largest absolute Gasteiger partial charge is 0.326 e. The molecule has 0 bridgehead atoms. The van der Waals surface area contributed by atoms with Crippen molar-refractivity contribution >= 4 is 38.2 Å². The molecule has 0 saturated heterocycles. The van der Waals surface area contributed by atoms with Crippen molar-refractivity contribution in [3.05, 3.63) is 88.2 Å². The van der Waals surface area contributed by atoms with Crippen LogP contribution in [-0.2, 0) is 21.4 Å². The van der Waals surface area contributed by atoms with Crippen LogP contribution in [0, 0.1) is 13.8 Å². The van der Waals surface area contributed by atoms with Crippen LogP contribution in [-0.4, -0.2) is 29.3 Å². The smallest absolute Gasteiger partial charge is 0.277 e. The molecule has 9 nitrogen and oxygen atoms in total. The Balaban J connectivity index is 1.40. The summed E-state index contributed by atoms with van der Waals surface area (Å²) in [6.07, 6.45) is 0.00108. The molecule has 1 heterocycles. The van der Waals surface area contributed by atoms with Gasteiger partial charge in [-0.25, -0.2) is 13.1 Å². The Labute approximate surface area is 196 Å². The minimum atomic E-state index is -3.79. The molecule has 1 aromatic heterocycles. The maximum absolute atomic E-state index is 12.8.